The molecule has 1 aromatic heterocycles. The summed E-state index contributed by atoms with van der Waals surface area (Å²) in [5, 5.41) is 9.06. The Morgan fingerprint density at radius 2 is 2.17 bits per heavy atom. The van der Waals surface area contributed by atoms with E-state index in [1.54, 1.807) is 0 Å². The number of halogens is 2. The summed E-state index contributed by atoms with van der Waals surface area (Å²) >= 11 is 9.67. The molecule has 1 saturated carbocycles. The van der Waals surface area contributed by atoms with E-state index >= 15 is 0 Å². The molecule has 0 bridgehead atoms. The zero-order valence-corrected chi connectivity index (χ0v) is 11.9. The van der Waals surface area contributed by atoms with E-state index in [1.807, 2.05) is 18.2 Å². The molecular weight excluding hydrogens is 316 g/mol. The molecule has 0 unspecified atom stereocenters. The Balaban J connectivity index is 2.13. The van der Waals surface area contributed by atoms with Crippen LogP contribution in [0.1, 0.15) is 24.7 Å². The first kappa shape index (κ1) is 12.1. The monoisotopic (exact) mass is 326 g/mol. The highest BCUT2D eigenvalue weighted by molar-refractivity contribution is 9.10. The highest BCUT2D eigenvalue weighted by atomic mass is 79.9. The van der Waals surface area contributed by atoms with Crippen LogP contribution in [-0.2, 0) is 6.54 Å². The van der Waals surface area contributed by atoms with Crippen molar-refractivity contribution < 1.29 is 0 Å². The van der Waals surface area contributed by atoms with E-state index in [-0.39, 0.29) is 0 Å². The van der Waals surface area contributed by atoms with Gasteiger partial charge in [0.15, 0.2) is 5.82 Å². The van der Waals surface area contributed by atoms with Crippen molar-refractivity contribution in [3.8, 4) is 11.4 Å². The molecule has 1 aromatic carbocycles. The van der Waals surface area contributed by atoms with E-state index in [9.17, 15) is 0 Å². The van der Waals surface area contributed by atoms with E-state index in [2.05, 4.69) is 30.7 Å². The van der Waals surface area contributed by atoms with E-state index in [1.165, 1.54) is 0 Å². The van der Waals surface area contributed by atoms with Crippen LogP contribution < -0.4 is 5.73 Å². The number of nitrogens with two attached hydrogens (primary N) is 1. The molecule has 1 heterocycles. The summed E-state index contributed by atoms with van der Waals surface area (Å²) in [6.45, 7) is 0.400. The standard InChI is InChI=1S/C12H12BrClN4/c13-7-1-4-9(10(14)5-7)12-17-16-11(6-15)18(12)8-2-3-8/h1,4-5,8H,2-3,6,15H2. The van der Waals surface area contributed by atoms with Crippen LogP contribution in [0, 0.1) is 0 Å². The maximum absolute atomic E-state index is 6.27. The Bertz CT molecular complexity index is 592. The molecule has 4 nitrogen and oxygen atoms in total. The van der Waals surface area contributed by atoms with E-state index in [0.29, 0.717) is 17.6 Å². The largest absolute Gasteiger partial charge is 0.324 e. The van der Waals surface area contributed by atoms with Gasteiger partial charge in [0, 0.05) is 16.1 Å². The molecular formula is C12H12BrClN4. The molecule has 0 amide bonds. The predicted octanol–water partition coefficient (Wildman–Crippen LogP) is 3.15. The second kappa shape index (κ2) is 4.64. The third kappa shape index (κ3) is 2.06. The predicted molar refractivity (Wildman–Crippen MR) is 74.3 cm³/mol. The number of rotatable bonds is 3. The van der Waals surface area contributed by atoms with Crippen LogP contribution in [0.2, 0.25) is 5.02 Å². The number of benzene rings is 1. The van der Waals surface area contributed by atoms with Gasteiger partial charge in [-0.25, -0.2) is 0 Å². The van der Waals surface area contributed by atoms with Crippen molar-refractivity contribution in [3.05, 3.63) is 33.5 Å². The summed E-state index contributed by atoms with van der Waals surface area (Å²) < 4.78 is 3.07. The first-order valence-electron chi connectivity index (χ1n) is 5.80. The smallest absolute Gasteiger partial charge is 0.165 e. The maximum Gasteiger partial charge on any atom is 0.165 e. The Morgan fingerprint density at radius 1 is 1.39 bits per heavy atom. The molecule has 2 N–H and O–H groups in total. The van der Waals surface area contributed by atoms with Crippen molar-refractivity contribution in [3.63, 3.8) is 0 Å². The number of aromatic nitrogens is 3. The quantitative estimate of drug-likeness (QED) is 0.942. The van der Waals surface area contributed by atoms with Crippen molar-refractivity contribution in [2.24, 2.45) is 5.73 Å². The van der Waals surface area contributed by atoms with Crippen LogP contribution in [0.25, 0.3) is 11.4 Å². The molecule has 3 rings (SSSR count). The van der Waals surface area contributed by atoms with Crippen molar-refractivity contribution in [1.82, 2.24) is 14.8 Å². The molecule has 0 radical (unpaired) electrons. The van der Waals surface area contributed by atoms with Gasteiger partial charge in [0.25, 0.3) is 0 Å². The summed E-state index contributed by atoms with van der Waals surface area (Å²) in [4.78, 5) is 0. The fraction of sp³-hybridized carbons (Fsp3) is 0.333. The molecule has 0 spiro atoms. The third-order valence-electron chi connectivity index (χ3n) is 3.03. The zero-order valence-electron chi connectivity index (χ0n) is 9.61. The van der Waals surface area contributed by atoms with Crippen LogP contribution in [0.15, 0.2) is 22.7 Å². The van der Waals surface area contributed by atoms with Gasteiger partial charge in [0.1, 0.15) is 5.82 Å². The van der Waals surface area contributed by atoms with Gasteiger partial charge in [-0.05, 0) is 31.0 Å². The molecule has 1 fully saturated rings. The van der Waals surface area contributed by atoms with Gasteiger partial charge >= 0.3 is 0 Å². The lowest BCUT2D eigenvalue weighted by Gasteiger charge is -2.09. The van der Waals surface area contributed by atoms with Crippen molar-refractivity contribution in [1.29, 1.82) is 0 Å². The average molecular weight is 328 g/mol. The summed E-state index contributed by atoms with van der Waals surface area (Å²) in [6, 6.07) is 6.25. The minimum Gasteiger partial charge on any atom is -0.324 e. The number of hydrogen-bond donors (Lipinski definition) is 1. The molecule has 1 aliphatic carbocycles. The fourth-order valence-electron chi connectivity index (χ4n) is 2.03. The van der Waals surface area contributed by atoms with Gasteiger partial charge in [0.2, 0.25) is 0 Å². The molecule has 0 atom stereocenters. The number of hydrogen-bond acceptors (Lipinski definition) is 3. The normalized spacial score (nSPS) is 15.1. The van der Waals surface area contributed by atoms with Crippen LogP contribution >= 0.6 is 27.5 Å². The maximum atomic E-state index is 6.27. The summed E-state index contributed by atoms with van der Waals surface area (Å²) in [5.74, 6) is 1.64. The van der Waals surface area contributed by atoms with Crippen LogP contribution in [0.3, 0.4) is 0 Å². The summed E-state index contributed by atoms with van der Waals surface area (Å²) in [5.41, 5.74) is 6.61. The lowest BCUT2D eigenvalue weighted by Crippen LogP contribution is -2.08. The molecule has 0 saturated heterocycles. The number of nitrogens with zero attached hydrogens (tertiary/aromatic N) is 3. The first-order chi connectivity index (χ1) is 8.70. The molecule has 94 valence electrons. The van der Waals surface area contributed by atoms with E-state index in [0.717, 1.165) is 34.5 Å². The van der Waals surface area contributed by atoms with Crippen molar-refractivity contribution in [2.75, 3.05) is 0 Å². The second-order valence-corrected chi connectivity index (χ2v) is 5.69. The van der Waals surface area contributed by atoms with Crippen LogP contribution in [-0.4, -0.2) is 14.8 Å². The van der Waals surface area contributed by atoms with Gasteiger partial charge in [-0.3, -0.25) is 0 Å². The first-order valence-corrected chi connectivity index (χ1v) is 6.97. The van der Waals surface area contributed by atoms with Crippen LogP contribution in [0.5, 0.6) is 0 Å². The Hall–Kier alpha value is -0.910. The van der Waals surface area contributed by atoms with E-state index < -0.39 is 0 Å². The van der Waals surface area contributed by atoms with Gasteiger partial charge in [-0.2, -0.15) is 0 Å². The van der Waals surface area contributed by atoms with Gasteiger partial charge in [-0.15, -0.1) is 10.2 Å². The molecule has 2 aromatic rings. The molecule has 18 heavy (non-hydrogen) atoms. The molecule has 0 aliphatic heterocycles. The van der Waals surface area contributed by atoms with Gasteiger partial charge < -0.3 is 10.3 Å². The average Bonchev–Trinajstić information content (AvgIpc) is 3.09. The SMILES string of the molecule is NCc1nnc(-c2ccc(Br)cc2Cl)n1C1CC1. The van der Waals surface area contributed by atoms with Crippen LogP contribution in [0.4, 0.5) is 0 Å². The topological polar surface area (TPSA) is 56.7 Å². The Kier molecular flexibility index (Phi) is 3.13. The van der Waals surface area contributed by atoms with E-state index in [4.69, 9.17) is 17.3 Å². The summed E-state index contributed by atoms with van der Waals surface area (Å²) in [6.07, 6.45) is 2.32. The lowest BCUT2D eigenvalue weighted by molar-refractivity contribution is 0.688. The minimum absolute atomic E-state index is 0.400. The Labute approximate surface area is 118 Å². The van der Waals surface area contributed by atoms with Gasteiger partial charge in [0.05, 0.1) is 11.6 Å². The molecule has 6 heteroatoms. The summed E-state index contributed by atoms with van der Waals surface area (Å²) in [7, 11) is 0. The molecule has 1 aliphatic rings. The third-order valence-corrected chi connectivity index (χ3v) is 3.84. The second-order valence-electron chi connectivity index (χ2n) is 4.37. The Morgan fingerprint density at radius 3 is 2.78 bits per heavy atom. The lowest BCUT2D eigenvalue weighted by atomic mass is 10.2. The zero-order chi connectivity index (χ0) is 12.7. The van der Waals surface area contributed by atoms with Crippen molar-refractivity contribution in [2.45, 2.75) is 25.4 Å². The fourth-order valence-corrected chi connectivity index (χ4v) is 2.79. The highest BCUT2D eigenvalue weighted by Gasteiger charge is 2.29. The minimum atomic E-state index is 0.400. The van der Waals surface area contributed by atoms with Crippen molar-refractivity contribution >= 4 is 27.5 Å². The highest BCUT2D eigenvalue weighted by Crippen LogP contribution is 2.40. The van der Waals surface area contributed by atoms with Gasteiger partial charge in [-0.1, -0.05) is 27.5 Å².